The number of benzene rings is 2. The summed E-state index contributed by atoms with van der Waals surface area (Å²) >= 11 is 0. The van der Waals surface area contributed by atoms with E-state index in [0.717, 1.165) is 13.0 Å². The standard InChI is InChI=1S/C18H24N2/c1-14-4-6-17(7-5-14)13-20(3)18-10-8-16(9-11-18)12-15(2)19/h4-11,15H,12-13,19H2,1-3H3. The van der Waals surface area contributed by atoms with Crippen LogP contribution in [-0.4, -0.2) is 13.1 Å². The molecule has 0 heterocycles. The van der Waals surface area contributed by atoms with Gasteiger partial charge in [-0.2, -0.15) is 0 Å². The highest BCUT2D eigenvalue weighted by Gasteiger charge is 2.03. The van der Waals surface area contributed by atoms with Gasteiger partial charge >= 0.3 is 0 Å². The van der Waals surface area contributed by atoms with Crippen molar-refractivity contribution in [3.05, 3.63) is 65.2 Å². The minimum Gasteiger partial charge on any atom is -0.370 e. The minimum atomic E-state index is 0.214. The molecule has 106 valence electrons. The lowest BCUT2D eigenvalue weighted by Gasteiger charge is -2.20. The Morgan fingerprint density at radius 3 is 2.05 bits per heavy atom. The molecule has 2 nitrogen and oxygen atoms in total. The van der Waals surface area contributed by atoms with Gasteiger partial charge in [-0.3, -0.25) is 0 Å². The van der Waals surface area contributed by atoms with Gasteiger partial charge in [0.15, 0.2) is 0 Å². The number of nitrogens with two attached hydrogens (primary N) is 1. The second-order valence-corrected chi connectivity index (χ2v) is 5.69. The molecule has 0 saturated heterocycles. The van der Waals surface area contributed by atoms with E-state index in [-0.39, 0.29) is 6.04 Å². The lowest BCUT2D eigenvalue weighted by atomic mass is 10.1. The summed E-state index contributed by atoms with van der Waals surface area (Å²) in [6.45, 7) is 5.08. The second-order valence-electron chi connectivity index (χ2n) is 5.69. The Kier molecular flexibility index (Phi) is 4.80. The summed E-state index contributed by atoms with van der Waals surface area (Å²) in [6.07, 6.45) is 0.932. The Labute approximate surface area is 122 Å². The van der Waals surface area contributed by atoms with E-state index in [9.17, 15) is 0 Å². The Bertz CT molecular complexity index is 526. The molecule has 0 aromatic heterocycles. The molecule has 0 fully saturated rings. The number of anilines is 1. The molecule has 0 saturated carbocycles. The van der Waals surface area contributed by atoms with Crippen molar-refractivity contribution in [1.29, 1.82) is 0 Å². The predicted octanol–water partition coefficient (Wildman–Crippen LogP) is 3.52. The van der Waals surface area contributed by atoms with Crippen molar-refractivity contribution in [2.45, 2.75) is 32.9 Å². The van der Waals surface area contributed by atoms with Gasteiger partial charge in [0, 0.05) is 25.3 Å². The molecule has 20 heavy (non-hydrogen) atoms. The molecule has 1 unspecified atom stereocenters. The molecule has 0 radical (unpaired) electrons. The first-order chi connectivity index (χ1) is 9.54. The summed E-state index contributed by atoms with van der Waals surface area (Å²) in [4.78, 5) is 2.26. The maximum absolute atomic E-state index is 5.83. The fourth-order valence-corrected chi connectivity index (χ4v) is 2.32. The molecule has 2 rings (SSSR count). The first-order valence-electron chi connectivity index (χ1n) is 7.16. The van der Waals surface area contributed by atoms with Crippen LogP contribution in [0.4, 0.5) is 5.69 Å². The maximum Gasteiger partial charge on any atom is 0.0426 e. The lowest BCUT2D eigenvalue weighted by molar-refractivity contribution is 0.738. The monoisotopic (exact) mass is 268 g/mol. The summed E-state index contributed by atoms with van der Waals surface area (Å²) in [7, 11) is 2.13. The second kappa shape index (κ2) is 6.58. The van der Waals surface area contributed by atoms with Crippen molar-refractivity contribution in [3.63, 3.8) is 0 Å². The van der Waals surface area contributed by atoms with Gasteiger partial charge in [-0.1, -0.05) is 42.0 Å². The summed E-state index contributed by atoms with van der Waals surface area (Å²) in [5.74, 6) is 0. The van der Waals surface area contributed by atoms with Crippen LogP contribution in [0.15, 0.2) is 48.5 Å². The number of aryl methyl sites for hydroxylation is 1. The normalized spacial score (nSPS) is 12.2. The van der Waals surface area contributed by atoms with E-state index in [1.807, 2.05) is 6.92 Å². The summed E-state index contributed by atoms with van der Waals surface area (Å²) in [5, 5.41) is 0. The van der Waals surface area contributed by atoms with Gasteiger partial charge in [-0.15, -0.1) is 0 Å². The fraction of sp³-hybridized carbons (Fsp3) is 0.333. The van der Waals surface area contributed by atoms with Crippen LogP contribution in [0.25, 0.3) is 0 Å². The van der Waals surface area contributed by atoms with Gasteiger partial charge in [-0.25, -0.2) is 0 Å². The van der Waals surface area contributed by atoms with Crippen LogP contribution in [0.2, 0.25) is 0 Å². The van der Waals surface area contributed by atoms with E-state index in [1.54, 1.807) is 0 Å². The Hall–Kier alpha value is -1.80. The zero-order valence-corrected chi connectivity index (χ0v) is 12.6. The third-order valence-corrected chi connectivity index (χ3v) is 3.48. The molecule has 0 amide bonds. The minimum absolute atomic E-state index is 0.214. The van der Waals surface area contributed by atoms with Crippen molar-refractivity contribution in [2.24, 2.45) is 5.73 Å². The molecule has 0 aliphatic rings. The van der Waals surface area contributed by atoms with E-state index in [2.05, 4.69) is 67.4 Å². The summed E-state index contributed by atoms with van der Waals surface area (Å²) < 4.78 is 0. The Morgan fingerprint density at radius 1 is 0.950 bits per heavy atom. The Morgan fingerprint density at radius 2 is 1.50 bits per heavy atom. The quantitative estimate of drug-likeness (QED) is 0.899. The topological polar surface area (TPSA) is 29.3 Å². The smallest absolute Gasteiger partial charge is 0.0426 e. The van der Waals surface area contributed by atoms with Crippen LogP contribution in [0.3, 0.4) is 0 Å². The molecule has 0 aliphatic heterocycles. The predicted molar refractivity (Wildman–Crippen MR) is 87.1 cm³/mol. The molecule has 0 spiro atoms. The van der Waals surface area contributed by atoms with E-state index >= 15 is 0 Å². The molecule has 1 atom stereocenters. The highest BCUT2D eigenvalue weighted by molar-refractivity contribution is 5.47. The SMILES string of the molecule is Cc1ccc(CN(C)c2ccc(CC(C)N)cc2)cc1. The number of nitrogens with zero attached hydrogens (tertiary/aromatic N) is 1. The van der Waals surface area contributed by atoms with Crippen LogP contribution >= 0.6 is 0 Å². The fourth-order valence-electron chi connectivity index (χ4n) is 2.32. The first kappa shape index (κ1) is 14.6. The lowest BCUT2D eigenvalue weighted by Crippen LogP contribution is -2.18. The molecular formula is C18H24N2. The van der Waals surface area contributed by atoms with Gasteiger partial charge in [-0.05, 0) is 43.5 Å². The molecule has 2 aromatic carbocycles. The van der Waals surface area contributed by atoms with E-state index < -0.39 is 0 Å². The molecule has 0 bridgehead atoms. The van der Waals surface area contributed by atoms with Crippen molar-refractivity contribution >= 4 is 5.69 Å². The highest BCUT2D eigenvalue weighted by Crippen LogP contribution is 2.17. The van der Waals surface area contributed by atoms with Gasteiger partial charge < -0.3 is 10.6 Å². The van der Waals surface area contributed by atoms with Crippen molar-refractivity contribution in [3.8, 4) is 0 Å². The maximum atomic E-state index is 5.83. The summed E-state index contributed by atoms with van der Waals surface area (Å²) in [6, 6.07) is 17.6. The average Bonchev–Trinajstić information content (AvgIpc) is 2.41. The Balaban J connectivity index is 2.01. The molecule has 2 N–H and O–H groups in total. The molecule has 2 aromatic rings. The molecule has 0 aliphatic carbocycles. The van der Waals surface area contributed by atoms with Gasteiger partial charge in [0.1, 0.15) is 0 Å². The average molecular weight is 268 g/mol. The van der Waals surface area contributed by atoms with Gasteiger partial charge in [0.05, 0.1) is 0 Å². The van der Waals surface area contributed by atoms with Crippen LogP contribution in [0, 0.1) is 6.92 Å². The van der Waals surface area contributed by atoms with Crippen molar-refractivity contribution in [1.82, 2.24) is 0 Å². The summed E-state index contributed by atoms with van der Waals surface area (Å²) in [5.41, 5.74) is 11.0. The zero-order valence-electron chi connectivity index (χ0n) is 12.6. The van der Waals surface area contributed by atoms with E-state index in [1.165, 1.54) is 22.4 Å². The number of hydrogen-bond acceptors (Lipinski definition) is 2. The van der Waals surface area contributed by atoms with Crippen LogP contribution in [-0.2, 0) is 13.0 Å². The number of rotatable bonds is 5. The third-order valence-electron chi connectivity index (χ3n) is 3.48. The largest absolute Gasteiger partial charge is 0.370 e. The van der Waals surface area contributed by atoms with E-state index in [0.29, 0.717) is 0 Å². The van der Waals surface area contributed by atoms with Crippen LogP contribution < -0.4 is 10.6 Å². The van der Waals surface area contributed by atoms with E-state index in [4.69, 9.17) is 5.73 Å². The van der Waals surface area contributed by atoms with Gasteiger partial charge in [0.2, 0.25) is 0 Å². The third kappa shape index (κ3) is 4.10. The first-order valence-corrected chi connectivity index (χ1v) is 7.16. The number of hydrogen-bond donors (Lipinski definition) is 1. The molecular weight excluding hydrogens is 244 g/mol. The van der Waals surface area contributed by atoms with Gasteiger partial charge in [0.25, 0.3) is 0 Å². The van der Waals surface area contributed by atoms with Crippen molar-refractivity contribution < 1.29 is 0 Å². The van der Waals surface area contributed by atoms with Crippen molar-refractivity contribution in [2.75, 3.05) is 11.9 Å². The zero-order chi connectivity index (χ0) is 14.5. The molecule has 2 heteroatoms. The van der Waals surface area contributed by atoms with Crippen LogP contribution in [0.1, 0.15) is 23.6 Å². The highest BCUT2D eigenvalue weighted by atomic mass is 15.1. The van der Waals surface area contributed by atoms with Crippen LogP contribution in [0.5, 0.6) is 0 Å².